The average Bonchev–Trinajstić information content (AvgIpc) is 2.49. The number of benzene rings is 1. The van der Waals surface area contributed by atoms with Gasteiger partial charge in [-0.1, -0.05) is 30.3 Å². The number of aryl methyl sites for hydroxylation is 1. The van der Waals surface area contributed by atoms with Gasteiger partial charge in [0.2, 0.25) is 6.41 Å². The van der Waals surface area contributed by atoms with Crippen LogP contribution in [0.4, 0.5) is 4.79 Å². The molecule has 1 aromatic rings. The lowest BCUT2D eigenvalue weighted by molar-refractivity contribution is -0.121. The fraction of sp³-hybridized carbons (Fsp3) is 0.529. The minimum atomic E-state index is -0.905. The van der Waals surface area contributed by atoms with E-state index in [-0.39, 0.29) is 0 Å². The number of ether oxygens (including phenoxy) is 1. The molecule has 0 saturated heterocycles. The molecule has 1 aromatic carbocycles. The Kier molecular flexibility index (Phi) is 7.03. The molecule has 6 nitrogen and oxygen atoms in total. The molecule has 23 heavy (non-hydrogen) atoms. The number of nitrogens with one attached hydrogen (secondary N) is 1. The molecular weight excluding hydrogens is 296 g/mol. The number of carbonyl (C=O) groups excluding carboxylic acids is 2. The molecule has 0 aliphatic heterocycles. The van der Waals surface area contributed by atoms with Crippen LogP contribution >= 0.6 is 0 Å². The zero-order chi connectivity index (χ0) is 17.5. The highest BCUT2D eigenvalue weighted by Crippen LogP contribution is 2.11. The van der Waals surface area contributed by atoms with Crippen LogP contribution in [0.25, 0.3) is 0 Å². The third-order valence-corrected chi connectivity index (χ3v) is 3.21. The fourth-order valence-electron chi connectivity index (χ4n) is 2.08. The summed E-state index contributed by atoms with van der Waals surface area (Å²) in [5, 5.41) is 12.9. The summed E-state index contributed by atoms with van der Waals surface area (Å²) in [6.07, 6.45) is -0.809. The van der Waals surface area contributed by atoms with Crippen molar-refractivity contribution in [1.29, 1.82) is 0 Å². The van der Waals surface area contributed by atoms with E-state index in [0.717, 1.165) is 5.56 Å². The van der Waals surface area contributed by atoms with Gasteiger partial charge in [0.15, 0.2) is 0 Å². The minimum absolute atomic E-state index is 0.405. The van der Waals surface area contributed by atoms with Crippen LogP contribution in [0.15, 0.2) is 30.3 Å². The fourth-order valence-corrected chi connectivity index (χ4v) is 2.08. The van der Waals surface area contributed by atoms with Crippen molar-refractivity contribution in [3.63, 3.8) is 0 Å². The molecular formula is C17H26N2O4. The smallest absolute Gasteiger partial charge is 0.409 e. The Hall–Kier alpha value is -2.08. The third-order valence-electron chi connectivity index (χ3n) is 3.21. The maximum atomic E-state index is 11.9. The topological polar surface area (TPSA) is 78.9 Å². The van der Waals surface area contributed by atoms with Crippen molar-refractivity contribution in [2.75, 3.05) is 7.05 Å². The summed E-state index contributed by atoms with van der Waals surface area (Å²) in [6.45, 7) is 5.24. The SMILES string of the molecule is CN(C=O)C(NC(=O)OC(C)(C)C)[C@@H](O)CCc1ccccc1. The van der Waals surface area contributed by atoms with Gasteiger partial charge in [0.1, 0.15) is 11.8 Å². The second kappa shape index (κ2) is 8.53. The summed E-state index contributed by atoms with van der Waals surface area (Å²) in [7, 11) is 1.50. The van der Waals surface area contributed by atoms with Gasteiger partial charge < -0.3 is 14.7 Å². The molecule has 0 bridgehead atoms. The number of hydrogen-bond donors (Lipinski definition) is 2. The van der Waals surface area contributed by atoms with Crippen molar-refractivity contribution >= 4 is 12.5 Å². The number of likely N-dealkylation sites (N-methyl/N-ethyl adjacent to an activating group) is 1. The zero-order valence-corrected chi connectivity index (χ0v) is 14.2. The van der Waals surface area contributed by atoms with Crippen LogP contribution in [-0.4, -0.2) is 47.4 Å². The quantitative estimate of drug-likeness (QED) is 0.594. The van der Waals surface area contributed by atoms with E-state index in [1.54, 1.807) is 20.8 Å². The van der Waals surface area contributed by atoms with Crippen LogP contribution in [-0.2, 0) is 16.0 Å². The van der Waals surface area contributed by atoms with Crippen molar-refractivity contribution < 1.29 is 19.4 Å². The number of rotatable bonds is 7. The summed E-state index contributed by atoms with van der Waals surface area (Å²) in [4.78, 5) is 24.1. The molecule has 0 heterocycles. The Morgan fingerprint density at radius 2 is 1.96 bits per heavy atom. The third kappa shape index (κ3) is 7.15. The normalized spacial score (nSPS) is 13.8. The number of carbonyl (C=O) groups is 2. The molecule has 0 aromatic heterocycles. The highest BCUT2D eigenvalue weighted by molar-refractivity contribution is 5.68. The molecule has 0 fully saturated rings. The van der Waals surface area contributed by atoms with Gasteiger partial charge >= 0.3 is 6.09 Å². The van der Waals surface area contributed by atoms with Gasteiger partial charge in [-0.05, 0) is 39.2 Å². The maximum absolute atomic E-state index is 11.9. The van der Waals surface area contributed by atoms with Crippen molar-refractivity contribution in [2.24, 2.45) is 0 Å². The monoisotopic (exact) mass is 322 g/mol. The Balaban J connectivity index is 2.65. The second-order valence-electron chi connectivity index (χ2n) is 6.45. The van der Waals surface area contributed by atoms with Gasteiger partial charge in [0, 0.05) is 7.05 Å². The first kappa shape index (κ1) is 19.0. The molecule has 6 heteroatoms. The van der Waals surface area contributed by atoms with E-state index >= 15 is 0 Å². The Bertz CT molecular complexity index is 499. The predicted octanol–water partition coefficient (Wildman–Crippen LogP) is 1.92. The van der Waals surface area contributed by atoms with Crippen molar-refractivity contribution in [1.82, 2.24) is 10.2 Å². The Labute approximate surface area is 137 Å². The molecule has 0 saturated carbocycles. The number of nitrogens with zero attached hydrogens (tertiary/aromatic N) is 1. The molecule has 0 aliphatic rings. The molecule has 0 spiro atoms. The summed E-state index contributed by atoms with van der Waals surface area (Å²) < 4.78 is 5.17. The number of hydrogen-bond acceptors (Lipinski definition) is 4. The van der Waals surface area contributed by atoms with Crippen LogP contribution in [0.3, 0.4) is 0 Å². The number of aliphatic hydroxyl groups is 1. The zero-order valence-electron chi connectivity index (χ0n) is 14.2. The van der Waals surface area contributed by atoms with E-state index in [2.05, 4.69) is 5.32 Å². The first-order valence-electron chi connectivity index (χ1n) is 7.61. The van der Waals surface area contributed by atoms with Gasteiger partial charge in [0.05, 0.1) is 6.10 Å². The van der Waals surface area contributed by atoms with Gasteiger partial charge in [-0.15, -0.1) is 0 Å². The molecule has 1 rings (SSSR count). The Morgan fingerprint density at radius 1 is 1.35 bits per heavy atom. The van der Waals surface area contributed by atoms with Crippen LogP contribution in [0.2, 0.25) is 0 Å². The van der Waals surface area contributed by atoms with Crippen LogP contribution in [0.1, 0.15) is 32.8 Å². The van der Waals surface area contributed by atoms with Crippen molar-refractivity contribution in [2.45, 2.75) is 51.5 Å². The van der Waals surface area contributed by atoms with E-state index in [1.165, 1.54) is 11.9 Å². The van der Waals surface area contributed by atoms with Gasteiger partial charge in [-0.2, -0.15) is 0 Å². The number of aliphatic hydroxyl groups excluding tert-OH is 1. The minimum Gasteiger partial charge on any atom is -0.444 e. The van der Waals surface area contributed by atoms with E-state index < -0.39 is 24.0 Å². The standard InChI is InChI=1S/C17H26N2O4/c1-17(2,3)23-16(22)18-15(19(4)12-20)14(21)11-10-13-8-6-5-7-9-13/h5-9,12,14-15,21H,10-11H2,1-4H3,(H,18,22)/t14-,15?/m0/s1. The summed E-state index contributed by atoms with van der Waals surface area (Å²) in [6, 6.07) is 9.71. The van der Waals surface area contributed by atoms with Crippen LogP contribution < -0.4 is 5.32 Å². The maximum Gasteiger partial charge on any atom is 0.409 e. The molecule has 2 atom stereocenters. The average molecular weight is 322 g/mol. The Morgan fingerprint density at radius 3 is 2.48 bits per heavy atom. The van der Waals surface area contributed by atoms with Crippen molar-refractivity contribution in [3.8, 4) is 0 Å². The van der Waals surface area contributed by atoms with E-state index in [1.807, 2.05) is 30.3 Å². The summed E-state index contributed by atoms with van der Waals surface area (Å²) in [5.41, 5.74) is 0.430. The first-order chi connectivity index (χ1) is 10.7. The largest absolute Gasteiger partial charge is 0.444 e. The van der Waals surface area contributed by atoms with E-state index in [9.17, 15) is 14.7 Å². The first-order valence-corrected chi connectivity index (χ1v) is 7.61. The molecule has 1 unspecified atom stereocenters. The van der Waals surface area contributed by atoms with Crippen molar-refractivity contribution in [3.05, 3.63) is 35.9 Å². The lowest BCUT2D eigenvalue weighted by atomic mass is 10.0. The predicted molar refractivity (Wildman–Crippen MR) is 87.8 cm³/mol. The molecule has 128 valence electrons. The number of alkyl carbamates (subject to hydrolysis) is 1. The van der Waals surface area contributed by atoms with Gasteiger partial charge in [0.25, 0.3) is 0 Å². The van der Waals surface area contributed by atoms with Gasteiger partial charge in [-0.3, -0.25) is 10.1 Å². The molecule has 0 radical (unpaired) electrons. The van der Waals surface area contributed by atoms with Gasteiger partial charge in [-0.25, -0.2) is 4.79 Å². The second-order valence-corrected chi connectivity index (χ2v) is 6.45. The van der Waals surface area contributed by atoms with E-state index in [0.29, 0.717) is 19.3 Å². The molecule has 0 aliphatic carbocycles. The highest BCUT2D eigenvalue weighted by Gasteiger charge is 2.27. The van der Waals surface area contributed by atoms with Crippen LogP contribution in [0.5, 0.6) is 0 Å². The summed E-state index contributed by atoms with van der Waals surface area (Å²) in [5.74, 6) is 0. The highest BCUT2D eigenvalue weighted by atomic mass is 16.6. The summed E-state index contributed by atoms with van der Waals surface area (Å²) >= 11 is 0. The lowest BCUT2D eigenvalue weighted by Crippen LogP contribution is -2.54. The van der Waals surface area contributed by atoms with E-state index in [4.69, 9.17) is 4.74 Å². The molecule has 2 amide bonds. The lowest BCUT2D eigenvalue weighted by Gasteiger charge is -2.31. The van der Waals surface area contributed by atoms with Crippen LogP contribution in [0, 0.1) is 0 Å². The molecule has 2 N–H and O–H groups in total. The number of amides is 2.